The molecule has 1 fully saturated rings. The van der Waals surface area contributed by atoms with Crippen molar-refractivity contribution in [2.45, 2.75) is 41.9 Å². The Kier molecular flexibility index (Phi) is 7.49. The van der Waals surface area contributed by atoms with Crippen molar-refractivity contribution in [1.82, 2.24) is 5.32 Å². The van der Waals surface area contributed by atoms with Gasteiger partial charge in [-0.05, 0) is 41.5 Å². The summed E-state index contributed by atoms with van der Waals surface area (Å²) in [5.74, 6) is 0.296. The molecule has 0 spiro atoms. The van der Waals surface area contributed by atoms with Crippen LogP contribution in [0.3, 0.4) is 0 Å². The molecule has 1 aliphatic carbocycles. The van der Waals surface area contributed by atoms with Crippen molar-refractivity contribution < 1.29 is 14.3 Å². The van der Waals surface area contributed by atoms with E-state index >= 15 is 0 Å². The molecular weight excluding hydrogens is 429 g/mol. The lowest BCUT2D eigenvalue weighted by Crippen LogP contribution is -2.28. The Labute approximate surface area is 185 Å². The Morgan fingerprint density at radius 1 is 1.21 bits per heavy atom. The van der Waals surface area contributed by atoms with Gasteiger partial charge in [-0.2, -0.15) is 0 Å². The van der Waals surface area contributed by atoms with Crippen LogP contribution in [0.15, 0.2) is 46.2 Å². The fourth-order valence-corrected chi connectivity index (χ4v) is 5.10. The average molecular weight is 452 g/mol. The first-order chi connectivity index (χ1) is 13.9. The molecule has 2 unspecified atom stereocenters. The highest BCUT2D eigenvalue weighted by atomic mass is 35.5. The number of hydrogen-bond acceptors (Lipinski definition) is 4. The Morgan fingerprint density at radius 2 is 1.97 bits per heavy atom. The van der Waals surface area contributed by atoms with Crippen LogP contribution in [0.4, 0.5) is 0 Å². The fraction of sp³-hybridized carbons (Fsp3) is 0.364. The molecule has 3 rings (SSSR count). The van der Waals surface area contributed by atoms with Crippen LogP contribution in [-0.4, -0.2) is 25.5 Å². The molecular formula is C22H23Cl2NO3S. The molecule has 0 aliphatic heterocycles. The van der Waals surface area contributed by atoms with E-state index in [-0.39, 0.29) is 24.3 Å². The van der Waals surface area contributed by atoms with E-state index in [9.17, 15) is 9.59 Å². The van der Waals surface area contributed by atoms with E-state index in [0.717, 1.165) is 21.8 Å². The number of rotatable bonds is 9. The zero-order valence-corrected chi connectivity index (χ0v) is 18.6. The summed E-state index contributed by atoms with van der Waals surface area (Å²) >= 11 is 14.8. The summed E-state index contributed by atoms with van der Waals surface area (Å²) in [4.78, 5) is 24.4. The third kappa shape index (κ3) is 5.27. The maximum absolute atomic E-state index is 12.2. The van der Waals surface area contributed by atoms with Crippen LogP contribution in [0.5, 0.6) is 0 Å². The number of benzene rings is 2. The number of carbonyl (C=O) groups is 2. The lowest BCUT2D eigenvalue weighted by atomic mass is 10.0. The van der Waals surface area contributed by atoms with E-state index in [1.54, 1.807) is 11.8 Å². The topological polar surface area (TPSA) is 55.4 Å². The first-order valence-corrected chi connectivity index (χ1v) is 11.1. The number of nitrogens with one attached hydrogen (secondary N) is 1. The Hall–Kier alpha value is -1.69. The van der Waals surface area contributed by atoms with Gasteiger partial charge in [0.25, 0.3) is 6.47 Å². The van der Waals surface area contributed by atoms with Gasteiger partial charge in [0, 0.05) is 15.7 Å². The van der Waals surface area contributed by atoms with E-state index in [1.807, 2.05) is 24.3 Å². The van der Waals surface area contributed by atoms with Crippen molar-refractivity contribution in [1.29, 1.82) is 0 Å². The zero-order valence-electron chi connectivity index (χ0n) is 16.3. The van der Waals surface area contributed by atoms with Crippen LogP contribution >= 0.6 is 35.0 Å². The third-order valence-electron chi connectivity index (χ3n) is 4.95. The first kappa shape index (κ1) is 22.0. The van der Waals surface area contributed by atoms with Crippen LogP contribution in [0.1, 0.15) is 43.2 Å². The first-order valence-electron chi connectivity index (χ1n) is 9.51. The van der Waals surface area contributed by atoms with Crippen molar-refractivity contribution in [3.63, 3.8) is 0 Å². The molecule has 2 aromatic carbocycles. The van der Waals surface area contributed by atoms with Crippen molar-refractivity contribution in [3.8, 4) is 0 Å². The highest BCUT2D eigenvalue weighted by Crippen LogP contribution is 2.52. The lowest BCUT2D eigenvalue weighted by molar-refractivity contribution is -0.130. The summed E-state index contributed by atoms with van der Waals surface area (Å²) in [7, 11) is 0. The number of hydrogen-bond donors (Lipinski definition) is 1. The highest BCUT2D eigenvalue weighted by molar-refractivity contribution is 7.99. The predicted octanol–water partition coefficient (Wildman–Crippen LogP) is 5.66. The van der Waals surface area contributed by atoms with Gasteiger partial charge >= 0.3 is 0 Å². The van der Waals surface area contributed by atoms with Crippen molar-refractivity contribution in [3.05, 3.63) is 57.6 Å². The molecule has 0 saturated heterocycles. The molecule has 2 aromatic rings. The molecule has 0 heterocycles. The minimum atomic E-state index is -0.125. The van der Waals surface area contributed by atoms with Gasteiger partial charge in [-0.1, -0.05) is 73.1 Å². The molecule has 29 heavy (non-hydrogen) atoms. The standard InChI is InChI=1S/C22H23Cl2NO3S/c1-13(2)14-5-3-4-6-18(14)29-19-8-7-15(20(23)21(19)24)16-11-17(16)22(27)25-9-10-28-12-26/h3-8,12-13,16-17H,9-11H2,1-2H3,(H,25,27). The minimum Gasteiger partial charge on any atom is -0.466 e. The van der Waals surface area contributed by atoms with Crippen LogP contribution < -0.4 is 5.32 Å². The van der Waals surface area contributed by atoms with Crippen LogP contribution in [0, 0.1) is 5.92 Å². The summed E-state index contributed by atoms with van der Waals surface area (Å²) in [6.07, 6.45) is 0.735. The van der Waals surface area contributed by atoms with Crippen LogP contribution in [0.2, 0.25) is 10.0 Å². The number of carbonyl (C=O) groups excluding carboxylic acids is 2. The lowest BCUT2D eigenvalue weighted by Gasteiger charge is -2.14. The van der Waals surface area contributed by atoms with E-state index in [4.69, 9.17) is 23.2 Å². The summed E-state index contributed by atoms with van der Waals surface area (Å²) in [6.45, 7) is 5.18. The minimum absolute atomic E-state index is 0.0546. The average Bonchev–Trinajstić information content (AvgIpc) is 3.50. The zero-order chi connectivity index (χ0) is 21.0. The molecule has 1 aliphatic rings. The second kappa shape index (κ2) is 9.88. The van der Waals surface area contributed by atoms with Crippen molar-refractivity contribution >= 4 is 47.3 Å². The molecule has 1 N–H and O–H groups in total. The van der Waals surface area contributed by atoms with Gasteiger partial charge in [-0.25, -0.2) is 0 Å². The van der Waals surface area contributed by atoms with E-state index in [1.165, 1.54) is 5.56 Å². The van der Waals surface area contributed by atoms with Gasteiger partial charge < -0.3 is 10.1 Å². The SMILES string of the molecule is CC(C)c1ccccc1Sc1ccc(C2CC2C(=O)NCCOC=O)c(Cl)c1Cl. The molecule has 0 radical (unpaired) electrons. The Bertz CT molecular complexity index is 904. The molecule has 154 valence electrons. The summed E-state index contributed by atoms with van der Waals surface area (Å²) in [5.41, 5.74) is 2.17. The number of amides is 1. The normalized spacial score (nSPS) is 17.8. The quantitative estimate of drug-likeness (QED) is 0.394. The Morgan fingerprint density at radius 3 is 2.69 bits per heavy atom. The number of ether oxygens (including phenoxy) is 1. The van der Waals surface area contributed by atoms with E-state index < -0.39 is 0 Å². The number of halogens is 2. The van der Waals surface area contributed by atoms with Gasteiger partial charge in [0.05, 0.1) is 16.6 Å². The summed E-state index contributed by atoms with van der Waals surface area (Å²) in [5, 5.41) is 3.81. The van der Waals surface area contributed by atoms with Gasteiger partial charge in [-0.15, -0.1) is 0 Å². The summed E-state index contributed by atoms with van der Waals surface area (Å²) < 4.78 is 4.58. The Balaban J connectivity index is 1.70. The molecule has 2 atom stereocenters. The predicted molar refractivity (Wildman–Crippen MR) is 117 cm³/mol. The smallest absolute Gasteiger partial charge is 0.293 e. The fourth-order valence-electron chi connectivity index (χ4n) is 3.32. The van der Waals surface area contributed by atoms with Gasteiger partial charge in [-0.3, -0.25) is 9.59 Å². The molecule has 0 bridgehead atoms. The van der Waals surface area contributed by atoms with Gasteiger partial charge in [0.2, 0.25) is 5.91 Å². The van der Waals surface area contributed by atoms with Gasteiger partial charge in [0.1, 0.15) is 6.61 Å². The highest BCUT2D eigenvalue weighted by Gasteiger charge is 2.45. The van der Waals surface area contributed by atoms with Crippen LogP contribution in [-0.2, 0) is 14.3 Å². The second-order valence-electron chi connectivity index (χ2n) is 7.28. The van der Waals surface area contributed by atoms with E-state index in [0.29, 0.717) is 29.0 Å². The maximum Gasteiger partial charge on any atom is 0.293 e. The summed E-state index contributed by atoms with van der Waals surface area (Å²) in [6, 6.07) is 12.2. The van der Waals surface area contributed by atoms with Crippen LogP contribution in [0.25, 0.3) is 0 Å². The molecule has 1 amide bonds. The molecule has 1 saturated carbocycles. The maximum atomic E-state index is 12.2. The van der Waals surface area contributed by atoms with Crippen molar-refractivity contribution in [2.24, 2.45) is 5.92 Å². The largest absolute Gasteiger partial charge is 0.466 e. The second-order valence-corrected chi connectivity index (χ2v) is 9.12. The van der Waals surface area contributed by atoms with Crippen molar-refractivity contribution in [2.75, 3.05) is 13.2 Å². The molecule has 4 nitrogen and oxygen atoms in total. The van der Waals surface area contributed by atoms with Gasteiger partial charge in [0.15, 0.2) is 0 Å². The van der Waals surface area contributed by atoms with E-state index in [2.05, 4.69) is 36.0 Å². The monoisotopic (exact) mass is 451 g/mol. The molecule has 7 heteroatoms. The molecule has 0 aromatic heterocycles. The third-order valence-corrected chi connectivity index (χ3v) is 7.11.